The van der Waals surface area contributed by atoms with Gasteiger partial charge in [0.05, 0.1) is 18.2 Å². The summed E-state index contributed by atoms with van der Waals surface area (Å²) < 4.78 is 0. The van der Waals surface area contributed by atoms with E-state index in [9.17, 15) is 15.0 Å². The number of nitrogens with zero attached hydrogens (tertiary/aromatic N) is 3. The molecular formula is C95H161Cl2N5O3. The number of hydrogen-bond donors (Lipinski definition) is 4. The molecule has 105 heavy (non-hydrogen) atoms. The second-order valence-electron chi connectivity index (χ2n) is 46.2. The Morgan fingerprint density at radius 1 is 0.362 bits per heavy atom. The zero-order chi connectivity index (χ0) is 72.1. The van der Waals surface area contributed by atoms with E-state index < -0.39 is 0 Å². The number of azide groups is 1. The molecule has 7 N–H and O–H groups in total. The van der Waals surface area contributed by atoms with Gasteiger partial charge < -0.3 is 34.1 Å². The van der Waals surface area contributed by atoms with Crippen LogP contribution in [0, 0.1) is 173 Å². The highest BCUT2D eigenvalue weighted by atomic mass is 35.5. The predicted octanol–water partition coefficient (Wildman–Crippen LogP) is 21.0. The lowest BCUT2D eigenvalue weighted by Crippen LogP contribution is -3.00. The molecule has 10 heteroatoms. The van der Waals surface area contributed by atoms with Crippen LogP contribution < -0.4 is 23.9 Å². The summed E-state index contributed by atoms with van der Waals surface area (Å²) in [6.45, 7) is 25.7. The van der Waals surface area contributed by atoms with Gasteiger partial charge in [-0.3, -0.25) is 4.79 Å². The zero-order valence-corrected chi connectivity index (χ0v) is 70.9. The van der Waals surface area contributed by atoms with E-state index in [4.69, 9.17) is 11.3 Å². The third-order valence-electron chi connectivity index (χ3n) is 42.4. The zero-order valence-electron chi connectivity index (χ0n) is 69.3. The fraction of sp³-hybridized carbons (Fsp3) is 0.989. The fourth-order valence-corrected chi connectivity index (χ4v) is 36.3. The van der Waals surface area contributed by atoms with Gasteiger partial charge in [0.1, 0.15) is 5.78 Å². The van der Waals surface area contributed by atoms with Crippen LogP contribution in [-0.2, 0) is 4.79 Å². The number of aliphatic hydroxyl groups excluding tert-OH is 2. The van der Waals surface area contributed by atoms with Gasteiger partial charge in [-0.25, -0.2) is 0 Å². The Kier molecular flexibility index (Phi) is 23.6. The average Bonchev–Trinajstić information content (AvgIpc) is 1.73. The van der Waals surface area contributed by atoms with E-state index in [2.05, 4.69) is 85.0 Å². The number of fused-ring (bicyclic) bond motifs is 25. The van der Waals surface area contributed by atoms with E-state index in [0.29, 0.717) is 55.6 Å². The summed E-state index contributed by atoms with van der Waals surface area (Å²) in [7, 11) is 0. The maximum absolute atomic E-state index is 12.4. The van der Waals surface area contributed by atoms with Gasteiger partial charge in [-0.1, -0.05) is 100 Å². The van der Waals surface area contributed by atoms with Crippen molar-refractivity contribution in [2.45, 2.75) is 414 Å². The second-order valence-corrected chi connectivity index (χ2v) is 46.2. The summed E-state index contributed by atoms with van der Waals surface area (Å²) >= 11 is 0. The van der Waals surface area contributed by atoms with E-state index in [-0.39, 0.29) is 48.5 Å². The molecule has 0 saturated heterocycles. The topological polar surface area (TPSA) is 160 Å². The number of aliphatic hydroxyl groups is 2. The van der Waals surface area contributed by atoms with Crippen molar-refractivity contribution in [3.63, 3.8) is 0 Å². The van der Waals surface area contributed by atoms with Crippen molar-refractivity contribution < 1.29 is 33.1 Å². The molecule has 0 aliphatic heterocycles. The summed E-state index contributed by atoms with van der Waals surface area (Å²) in [5.41, 5.74) is 25.1. The first-order chi connectivity index (χ1) is 49.1. The molecule has 8 nitrogen and oxygen atoms in total. The molecule has 0 heterocycles. The number of carbonyl (C=O) groups is 1. The summed E-state index contributed by atoms with van der Waals surface area (Å²) in [6.07, 6.45) is 67.5. The average molecular weight is 1490 g/mol. The van der Waals surface area contributed by atoms with Crippen LogP contribution >= 0.6 is 12.4 Å². The van der Waals surface area contributed by atoms with Crippen LogP contribution in [0.4, 0.5) is 0 Å². The largest absolute Gasteiger partial charge is 1.00 e. The van der Waals surface area contributed by atoms with Crippen LogP contribution in [0.1, 0.15) is 384 Å². The van der Waals surface area contributed by atoms with Gasteiger partial charge in [0, 0.05) is 35.3 Å². The minimum absolute atomic E-state index is 0. The van der Waals surface area contributed by atoms with Gasteiger partial charge in [0.2, 0.25) is 0 Å². The molecule has 20 fully saturated rings. The van der Waals surface area contributed by atoms with E-state index in [1.54, 1.807) is 19.3 Å². The number of nitrogens with two attached hydrogens (primary N) is 1. The lowest BCUT2D eigenvalue weighted by atomic mass is 9.45. The van der Waals surface area contributed by atoms with Crippen molar-refractivity contribution in [2.24, 2.45) is 183 Å². The highest BCUT2D eigenvalue weighted by Gasteiger charge is 2.65. The Balaban J connectivity index is 0.000000110. The van der Waals surface area contributed by atoms with Crippen LogP contribution in [0.15, 0.2) is 5.11 Å². The lowest BCUT2D eigenvalue weighted by Gasteiger charge is -2.60. The van der Waals surface area contributed by atoms with Gasteiger partial charge in [0.25, 0.3) is 0 Å². The number of rotatable bonds is 1. The highest BCUT2D eigenvalue weighted by Crippen LogP contribution is 2.72. The van der Waals surface area contributed by atoms with Crippen molar-refractivity contribution in [3.05, 3.63) is 10.4 Å². The molecule has 0 spiro atoms. The summed E-state index contributed by atoms with van der Waals surface area (Å²) in [5, 5.41) is 24.1. The van der Waals surface area contributed by atoms with Gasteiger partial charge >= 0.3 is 0 Å². The number of quaternary nitrogens is 1. The molecule has 0 bridgehead atoms. The SMILES string of the molecule is C[C@@]12CCC[C@H]1[C@@H]1CC[C@H]3C[C@@H](O)CC[C@]3(C)[C@H]1CC2.C[C@@]12CCC[C@H]1[C@@H]1CC[C@H]3C[C@H](N)CC[C@]3(C)[C@H]1CC2.C[C@@]12CCC[C@H]1[C@@H]1CC[C@H]3C[C@H](N=[N+]=[N-])CC[C@]3(C)[C@H]1CC2.C[C@@]12CCC[C@H]1[C@@H]1CC[C@H]3C[C@H]([NH3+])CC[C@]3(C)[C@H]1CC2.C[C@]12CC[C@H](O)C[C@@H]1CC[C@@H]1[C@@H]2CC[C@]2(C)C(=O)CC[C@@H]12.Cl.[Cl-]. The highest BCUT2D eigenvalue weighted by molar-refractivity contribution is 5.87. The molecular weight excluding hydrogens is 1330 g/mol. The number of ketones is 1. The molecule has 20 aliphatic carbocycles. The molecule has 0 aromatic carbocycles. The standard InChI is InChI=1S/C19H31N3.2C19H33N.C19H30O2.C19H32O.2ClH/c1-18-9-3-4-16(18)15-6-5-13-12-14(21-22-20)7-11-19(13,2)17(15)8-10-18;2*1-18-9-3-4-16(18)15-6-5-13-12-14(20)7-11-19(13,2)17(15)8-10-18;1-18-9-7-13(20)11-12(18)3-4-14-15-5-6-17(21)19(15,2)10-8-16(14)18;1-18-9-3-4-16(18)15-6-5-13-12-14(20)7-11-19(13,2)17(15)8-10-18;;/h13-17H,3-12H2,1-2H3;2*13-17H,3-12,20H2,1-2H3;12-16,20H,3-11H2,1-2H3;13-17,20H,3-12H2,1-2H3;2*1H/t3*13-,14+,15-,16-,17-,18-,19-;12-,13-,14-,15-,16-,18-,19-;13-,14-,15-,16-,17-,18-,19-;;/m00000../s1. The first-order valence-corrected chi connectivity index (χ1v) is 46.6. The molecule has 0 unspecified atom stereocenters. The molecule has 35 atom stereocenters. The third kappa shape index (κ3) is 13.9. The molecule has 0 radical (unpaired) electrons. The Labute approximate surface area is 655 Å². The maximum atomic E-state index is 12.4. The maximum Gasteiger partial charge on any atom is 0.139 e. The number of Topliss-reactive ketones (excluding diaryl/α,β-unsaturated/α-hetero) is 1. The second kappa shape index (κ2) is 30.5. The van der Waals surface area contributed by atoms with Crippen LogP contribution in [0.3, 0.4) is 0 Å². The van der Waals surface area contributed by atoms with Crippen molar-refractivity contribution in [1.29, 1.82) is 0 Å². The number of carbonyl (C=O) groups excluding carboxylic acids is 1. The van der Waals surface area contributed by atoms with E-state index in [0.717, 1.165) is 187 Å². The minimum Gasteiger partial charge on any atom is -1.00 e. The Morgan fingerprint density at radius 2 is 0.686 bits per heavy atom. The molecule has 598 valence electrons. The molecule has 20 saturated carbocycles. The molecule has 0 aromatic heterocycles. The Morgan fingerprint density at radius 3 is 1.08 bits per heavy atom. The van der Waals surface area contributed by atoms with Crippen LogP contribution in [-0.4, -0.2) is 46.3 Å². The summed E-state index contributed by atoms with van der Waals surface area (Å²) in [6, 6.07) is 1.54. The number of halogens is 2. The smallest absolute Gasteiger partial charge is 0.139 e. The molecule has 0 amide bonds. The van der Waals surface area contributed by atoms with Gasteiger partial charge in [0.15, 0.2) is 0 Å². The fourth-order valence-electron chi connectivity index (χ4n) is 36.3. The van der Waals surface area contributed by atoms with Crippen molar-refractivity contribution >= 4 is 18.2 Å². The van der Waals surface area contributed by atoms with Crippen LogP contribution in [0.2, 0.25) is 0 Å². The molecule has 0 aromatic rings. The van der Waals surface area contributed by atoms with Crippen molar-refractivity contribution in [2.75, 3.05) is 0 Å². The van der Waals surface area contributed by atoms with Crippen LogP contribution in [0.25, 0.3) is 10.4 Å². The first-order valence-electron chi connectivity index (χ1n) is 46.6. The molecule has 20 rings (SSSR count). The quantitative estimate of drug-likeness (QED) is 0.117. The normalized spacial score (nSPS) is 56.1. The first kappa shape index (κ1) is 81.0. The van der Waals surface area contributed by atoms with Crippen molar-refractivity contribution in [3.8, 4) is 0 Å². The monoisotopic (exact) mass is 1490 g/mol. The summed E-state index contributed by atoms with van der Waals surface area (Å²) in [5.74, 6) is 19.5. The van der Waals surface area contributed by atoms with E-state index in [1.807, 2.05) is 0 Å². The Hall–Kier alpha value is -0.600. The van der Waals surface area contributed by atoms with Gasteiger partial charge in [-0.15, -0.1) is 12.4 Å². The molecule has 20 aliphatic rings. The Bertz CT molecular complexity index is 2890. The van der Waals surface area contributed by atoms with Crippen LogP contribution in [0.5, 0.6) is 0 Å². The van der Waals surface area contributed by atoms with Gasteiger partial charge in [-0.05, 0) is 449 Å². The lowest BCUT2D eigenvalue weighted by molar-refractivity contribution is -0.433. The predicted molar refractivity (Wildman–Crippen MR) is 429 cm³/mol. The minimum atomic E-state index is -0.0541. The third-order valence-corrected chi connectivity index (χ3v) is 42.4. The number of hydrogen-bond acceptors (Lipinski definition) is 5. The van der Waals surface area contributed by atoms with E-state index >= 15 is 0 Å². The van der Waals surface area contributed by atoms with Gasteiger partial charge in [-0.2, -0.15) is 0 Å². The van der Waals surface area contributed by atoms with E-state index in [1.165, 1.54) is 238 Å². The van der Waals surface area contributed by atoms with Crippen molar-refractivity contribution in [1.82, 2.24) is 0 Å². The summed E-state index contributed by atoms with van der Waals surface area (Å²) in [4.78, 5) is 15.5.